The average Bonchev–Trinajstić information content (AvgIpc) is 3.34. The summed E-state index contributed by atoms with van der Waals surface area (Å²) >= 11 is 6.48. The number of carbonyl (C=O) groups excluding carboxylic acids is 2. The third kappa shape index (κ3) is 5.76. The fourth-order valence-electron chi connectivity index (χ4n) is 5.10. The molecular formula is C26H30ClF2N3O2. The van der Waals surface area contributed by atoms with Crippen LogP contribution in [0.4, 0.5) is 14.5 Å². The number of nitrogens with two attached hydrogens (primary N) is 1. The Balaban J connectivity index is 1.61. The molecule has 0 heterocycles. The van der Waals surface area contributed by atoms with Gasteiger partial charge in [-0.05, 0) is 61.6 Å². The van der Waals surface area contributed by atoms with E-state index in [1.807, 2.05) is 0 Å². The lowest BCUT2D eigenvalue weighted by molar-refractivity contribution is -0.119. The van der Waals surface area contributed by atoms with Gasteiger partial charge in [0.05, 0.1) is 0 Å². The molecule has 0 spiro atoms. The summed E-state index contributed by atoms with van der Waals surface area (Å²) in [5.41, 5.74) is 7.55. The van der Waals surface area contributed by atoms with Gasteiger partial charge in [0.25, 0.3) is 5.91 Å². The van der Waals surface area contributed by atoms with Crippen LogP contribution in [-0.2, 0) is 11.3 Å². The zero-order chi connectivity index (χ0) is 24.2. The van der Waals surface area contributed by atoms with E-state index in [1.165, 1.54) is 0 Å². The van der Waals surface area contributed by atoms with Crippen molar-refractivity contribution >= 4 is 29.1 Å². The van der Waals surface area contributed by atoms with Crippen molar-refractivity contribution in [3.63, 3.8) is 0 Å². The highest BCUT2D eigenvalue weighted by Gasteiger charge is 2.32. The van der Waals surface area contributed by atoms with Crippen molar-refractivity contribution in [2.75, 3.05) is 5.32 Å². The normalized spacial score (nSPS) is 20.8. The van der Waals surface area contributed by atoms with Crippen molar-refractivity contribution in [1.29, 1.82) is 0 Å². The number of halogens is 3. The minimum Gasteiger partial charge on any atom is -0.330 e. The molecule has 0 aliphatic heterocycles. The van der Waals surface area contributed by atoms with Crippen LogP contribution in [0.3, 0.4) is 0 Å². The third-order valence-corrected chi connectivity index (χ3v) is 7.30. The van der Waals surface area contributed by atoms with E-state index >= 15 is 0 Å². The van der Waals surface area contributed by atoms with E-state index in [-0.39, 0.29) is 36.0 Å². The minimum absolute atomic E-state index is 0.0109. The quantitative estimate of drug-likeness (QED) is 0.549. The van der Waals surface area contributed by atoms with Gasteiger partial charge in [0.15, 0.2) is 0 Å². The summed E-state index contributed by atoms with van der Waals surface area (Å²) in [6.07, 6.45) is 7.23. The molecule has 0 saturated heterocycles. The fourth-order valence-corrected chi connectivity index (χ4v) is 5.28. The van der Waals surface area contributed by atoms with Gasteiger partial charge < -0.3 is 16.0 Å². The number of hydrogen-bond donors (Lipinski definition) is 2. The van der Waals surface area contributed by atoms with E-state index in [0.29, 0.717) is 22.7 Å². The van der Waals surface area contributed by atoms with Crippen LogP contribution in [0, 0.1) is 17.6 Å². The first kappa shape index (κ1) is 24.6. The maximum Gasteiger partial charge on any atom is 0.254 e. The molecule has 2 aliphatic carbocycles. The SMILES string of the molecule is NC1CCCCC1N(Cc1cc(NC(=O)C2CCCC2)ccc1Cl)C(=O)c1cc(F)cc(F)c1. The van der Waals surface area contributed by atoms with Crippen LogP contribution in [0.15, 0.2) is 36.4 Å². The van der Waals surface area contributed by atoms with E-state index < -0.39 is 17.5 Å². The van der Waals surface area contributed by atoms with E-state index in [2.05, 4.69) is 5.32 Å². The van der Waals surface area contributed by atoms with Gasteiger partial charge in [-0.2, -0.15) is 0 Å². The minimum atomic E-state index is -0.814. The number of nitrogens with one attached hydrogen (secondary N) is 1. The molecule has 0 radical (unpaired) electrons. The summed E-state index contributed by atoms with van der Waals surface area (Å²) in [4.78, 5) is 27.6. The molecule has 34 heavy (non-hydrogen) atoms. The lowest BCUT2D eigenvalue weighted by atomic mass is 9.89. The number of nitrogens with zero attached hydrogens (tertiary/aromatic N) is 1. The van der Waals surface area contributed by atoms with Crippen molar-refractivity contribution in [3.05, 3.63) is 64.2 Å². The number of anilines is 1. The Hall–Kier alpha value is -2.51. The number of benzene rings is 2. The molecular weight excluding hydrogens is 460 g/mol. The van der Waals surface area contributed by atoms with E-state index in [0.717, 1.165) is 63.1 Å². The van der Waals surface area contributed by atoms with Gasteiger partial charge in [0, 0.05) is 46.9 Å². The summed E-state index contributed by atoms with van der Waals surface area (Å²) in [7, 11) is 0. The lowest BCUT2D eigenvalue weighted by Crippen LogP contribution is -2.51. The fraction of sp³-hybridized carbons (Fsp3) is 0.462. The summed E-state index contributed by atoms with van der Waals surface area (Å²) < 4.78 is 27.7. The van der Waals surface area contributed by atoms with Gasteiger partial charge in [-0.15, -0.1) is 0 Å². The zero-order valence-corrected chi connectivity index (χ0v) is 19.8. The van der Waals surface area contributed by atoms with Crippen molar-refractivity contribution in [1.82, 2.24) is 4.90 Å². The Morgan fingerprint density at radius 3 is 2.29 bits per heavy atom. The molecule has 2 aromatic rings. The van der Waals surface area contributed by atoms with Gasteiger partial charge >= 0.3 is 0 Å². The molecule has 2 saturated carbocycles. The highest BCUT2D eigenvalue weighted by Crippen LogP contribution is 2.30. The lowest BCUT2D eigenvalue weighted by Gasteiger charge is -2.38. The first-order chi connectivity index (χ1) is 16.3. The maximum atomic E-state index is 13.9. The zero-order valence-electron chi connectivity index (χ0n) is 19.0. The van der Waals surface area contributed by atoms with Crippen LogP contribution in [0.25, 0.3) is 0 Å². The second-order valence-electron chi connectivity index (χ2n) is 9.38. The van der Waals surface area contributed by atoms with Crippen LogP contribution >= 0.6 is 11.6 Å². The Kier molecular flexibility index (Phi) is 7.84. The second kappa shape index (κ2) is 10.8. The van der Waals surface area contributed by atoms with Crippen LogP contribution in [-0.4, -0.2) is 28.8 Å². The molecule has 3 N–H and O–H groups in total. The number of hydrogen-bond acceptors (Lipinski definition) is 3. The molecule has 2 aliphatic rings. The predicted molar refractivity (Wildman–Crippen MR) is 129 cm³/mol. The Labute approximate surface area is 203 Å². The summed E-state index contributed by atoms with van der Waals surface area (Å²) in [5, 5.41) is 3.40. The molecule has 8 heteroatoms. The topological polar surface area (TPSA) is 75.4 Å². The molecule has 2 unspecified atom stereocenters. The average molecular weight is 490 g/mol. The molecule has 2 fully saturated rings. The van der Waals surface area contributed by atoms with Crippen molar-refractivity contribution in [3.8, 4) is 0 Å². The molecule has 182 valence electrons. The van der Waals surface area contributed by atoms with Crippen molar-refractivity contribution in [2.24, 2.45) is 11.7 Å². The summed E-state index contributed by atoms with van der Waals surface area (Å²) in [6.45, 7) is 0.112. The monoisotopic (exact) mass is 489 g/mol. The Bertz CT molecular complexity index is 1040. The predicted octanol–water partition coefficient (Wildman–Crippen LogP) is 5.66. The number of carbonyl (C=O) groups is 2. The van der Waals surface area contributed by atoms with Gasteiger partial charge in [0.1, 0.15) is 11.6 Å². The highest BCUT2D eigenvalue weighted by molar-refractivity contribution is 6.31. The summed E-state index contributed by atoms with van der Waals surface area (Å²) in [6, 6.07) is 7.45. The second-order valence-corrected chi connectivity index (χ2v) is 9.79. The molecule has 2 aromatic carbocycles. The van der Waals surface area contributed by atoms with Crippen LogP contribution in [0.2, 0.25) is 5.02 Å². The van der Waals surface area contributed by atoms with Gasteiger partial charge in [-0.1, -0.05) is 37.3 Å². The van der Waals surface area contributed by atoms with Gasteiger partial charge in [0.2, 0.25) is 5.91 Å². The molecule has 5 nitrogen and oxygen atoms in total. The molecule has 2 amide bonds. The Morgan fingerprint density at radius 2 is 1.62 bits per heavy atom. The Morgan fingerprint density at radius 1 is 0.971 bits per heavy atom. The largest absolute Gasteiger partial charge is 0.330 e. The van der Waals surface area contributed by atoms with Gasteiger partial charge in [-0.25, -0.2) is 8.78 Å². The molecule has 0 bridgehead atoms. The van der Waals surface area contributed by atoms with E-state index in [1.54, 1.807) is 23.1 Å². The molecule has 0 aromatic heterocycles. The standard InChI is InChI=1S/C26H30ClF2N3O2/c27-22-10-9-21(31-25(33)16-5-1-2-6-16)13-18(22)15-32(24-8-4-3-7-23(24)30)26(34)17-11-19(28)14-20(29)12-17/h9-14,16,23-24H,1-8,15,30H2,(H,31,33). The number of amides is 2. The summed E-state index contributed by atoms with van der Waals surface area (Å²) in [5.74, 6) is -2.13. The van der Waals surface area contributed by atoms with E-state index in [4.69, 9.17) is 17.3 Å². The molecule has 4 rings (SSSR count). The highest BCUT2D eigenvalue weighted by atomic mass is 35.5. The van der Waals surface area contributed by atoms with Crippen molar-refractivity contribution < 1.29 is 18.4 Å². The van der Waals surface area contributed by atoms with Gasteiger partial charge in [-0.3, -0.25) is 9.59 Å². The van der Waals surface area contributed by atoms with Crippen LogP contribution < -0.4 is 11.1 Å². The maximum absolute atomic E-state index is 13.9. The van der Waals surface area contributed by atoms with Crippen LogP contribution in [0.1, 0.15) is 67.3 Å². The first-order valence-corrected chi connectivity index (χ1v) is 12.3. The van der Waals surface area contributed by atoms with E-state index in [9.17, 15) is 18.4 Å². The first-order valence-electron chi connectivity index (χ1n) is 11.9. The van der Waals surface area contributed by atoms with Crippen LogP contribution in [0.5, 0.6) is 0 Å². The third-order valence-electron chi connectivity index (χ3n) is 6.93. The smallest absolute Gasteiger partial charge is 0.254 e. The number of rotatable bonds is 6. The molecule has 2 atom stereocenters. The van der Waals surface area contributed by atoms with Crippen molar-refractivity contribution in [2.45, 2.75) is 70.0 Å².